The van der Waals surface area contributed by atoms with E-state index < -0.39 is 10.0 Å². The Balaban J connectivity index is 2.63. The molecule has 0 fully saturated rings. The summed E-state index contributed by atoms with van der Waals surface area (Å²) in [5, 5.41) is 20.7. The molecule has 0 radical (unpaired) electrons. The van der Waals surface area contributed by atoms with Crippen LogP contribution in [0.15, 0.2) is 18.2 Å². The van der Waals surface area contributed by atoms with Gasteiger partial charge in [-0.2, -0.15) is 8.42 Å². The van der Waals surface area contributed by atoms with Gasteiger partial charge < -0.3 is 10.2 Å². The van der Waals surface area contributed by atoms with Crippen LogP contribution >= 0.6 is 0 Å². The molecule has 1 aromatic rings. The summed E-state index contributed by atoms with van der Waals surface area (Å²) in [6, 6.07) is 3.35. The summed E-state index contributed by atoms with van der Waals surface area (Å²) in [5.74, 6) is 36.8. The summed E-state index contributed by atoms with van der Waals surface area (Å²) in [4.78, 5) is 0. The van der Waals surface area contributed by atoms with Crippen LogP contribution in [-0.2, 0) is 10.0 Å². The molecule has 0 atom stereocenters. The number of benzene rings is 1. The van der Waals surface area contributed by atoms with Gasteiger partial charge in [-0.15, -0.1) is 6.42 Å². The van der Waals surface area contributed by atoms with E-state index in [4.69, 9.17) is 6.42 Å². The number of sulfonamides is 1. The Morgan fingerprint density at radius 3 is 1.60 bits per heavy atom. The molecule has 30 heavy (non-hydrogen) atoms. The molecule has 0 aliphatic rings. The van der Waals surface area contributed by atoms with Crippen LogP contribution in [0.1, 0.15) is 0 Å². The Kier molecular flexibility index (Phi) is 9.73. The van der Waals surface area contributed by atoms with Crippen molar-refractivity contribution in [3.63, 3.8) is 0 Å². The van der Waals surface area contributed by atoms with Crippen LogP contribution in [0.25, 0.3) is 0 Å². The van der Waals surface area contributed by atoms with Gasteiger partial charge in [-0.1, -0.05) is 0 Å². The minimum atomic E-state index is -4.11. The highest BCUT2D eigenvalue weighted by molar-refractivity contribution is 7.97. The maximum Gasteiger partial charge on any atom is 0.303 e. The van der Waals surface area contributed by atoms with Crippen LogP contribution in [0.4, 0.5) is 5.69 Å². The topological polar surface area (TPSA) is 86.6 Å². The summed E-state index contributed by atoms with van der Waals surface area (Å²) in [6.45, 7) is 0. The molecule has 3 N–H and O–H groups in total. The molecule has 0 amide bonds. The third-order valence-corrected chi connectivity index (χ3v) is 3.22. The third-order valence-electron chi connectivity index (χ3n) is 2.36. The average molecular weight is 405 g/mol. The number of phenols is 2. The zero-order valence-corrected chi connectivity index (χ0v) is 15.7. The van der Waals surface area contributed by atoms with Gasteiger partial charge in [-0.3, -0.25) is 4.72 Å². The smallest absolute Gasteiger partial charge is 0.303 e. The summed E-state index contributed by atoms with van der Waals surface area (Å²) in [5.41, 5.74) is -0.220. The van der Waals surface area contributed by atoms with E-state index in [1.807, 2.05) is 9.97 Å². The molecule has 0 saturated heterocycles. The molecule has 0 unspecified atom stereocenters. The van der Waals surface area contributed by atoms with E-state index in [1.165, 1.54) is 6.07 Å². The molecule has 1 rings (SSSR count). The summed E-state index contributed by atoms with van der Waals surface area (Å²) >= 11 is 0. The fourth-order valence-electron chi connectivity index (χ4n) is 1.31. The first-order valence-electron chi connectivity index (χ1n) is 7.47. The van der Waals surface area contributed by atoms with Gasteiger partial charge in [-0.25, -0.2) is 0 Å². The quantitative estimate of drug-likeness (QED) is 0.379. The number of terminal acetylenes is 1. The van der Waals surface area contributed by atoms with E-state index in [-0.39, 0.29) is 17.2 Å². The van der Waals surface area contributed by atoms with Gasteiger partial charge in [0, 0.05) is 23.8 Å². The minimum absolute atomic E-state index is 0.220. The molecule has 0 aliphatic heterocycles. The first-order chi connectivity index (χ1) is 14.4. The lowest BCUT2D eigenvalue weighted by atomic mass is 10.3. The van der Waals surface area contributed by atoms with E-state index >= 15 is 0 Å². The van der Waals surface area contributed by atoms with Gasteiger partial charge in [0.25, 0.3) is 0 Å². The Labute approximate surface area is 175 Å². The van der Waals surface area contributed by atoms with E-state index in [1.54, 1.807) is 0 Å². The molecule has 138 valence electrons. The van der Waals surface area contributed by atoms with E-state index in [2.05, 4.69) is 94.7 Å². The molecule has 0 aromatic heterocycles. The lowest BCUT2D eigenvalue weighted by molar-refractivity contribution is 0.462. The van der Waals surface area contributed by atoms with Crippen molar-refractivity contribution in [2.45, 2.75) is 0 Å². The first-order valence-corrected chi connectivity index (χ1v) is 8.95. The van der Waals surface area contributed by atoms with E-state index in [0.29, 0.717) is 0 Å². The molecule has 5 nitrogen and oxygen atoms in total. The van der Waals surface area contributed by atoms with Gasteiger partial charge in [0.1, 0.15) is 11.5 Å². The highest BCUT2D eigenvalue weighted by Gasteiger charge is 2.10. The average Bonchev–Trinajstić information content (AvgIpc) is 2.70. The maximum absolute atomic E-state index is 11.8. The zero-order valence-electron chi connectivity index (χ0n) is 14.9. The van der Waals surface area contributed by atoms with Gasteiger partial charge in [0.15, 0.2) is 0 Å². The van der Waals surface area contributed by atoms with Crippen LogP contribution in [0.2, 0.25) is 0 Å². The summed E-state index contributed by atoms with van der Waals surface area (Å²) in [6.07, 6.45) is 4.90. The molecule has 1 aromatic carbocycles. The second-order valence-corrected chi connectivity index (χ2v) is 5.84. The van der Waals surface area contributed by atoms with Crippen molar-refractivity contribution in [1.29, 1.82) is 0 Å². The lowest BCUT2D eigenvalue weighted by Crippen LogP contribution is -2.09. The number of nitrogens with one attached hydrogen (secondary N) is 1. The summed E-state index contributed by atoms with van der Waals surface area (Å²) in [7, 11) is -4.11. The van der Waals surface area contributed by atoms with Crippen molar-refractivity contribution in [2.75, 3.05) is 4.72 Å². The van der Waals surface area contributed by atoms with Gasteiger partial charge >= 0.3 is 10.0 Å². The van der Waals surface area contributed by atoms with Crippen molar-refractivity contribution in [3.8, 4) is 118 Å². The largest absolute Gasteiger partial charge is 0.508 e. The van der Waals surface area contributed by atoms with Gasteiger partial charge in [0.2, 0.25) is 0 Å². The van der Waals surface area contributed by atoms with Crippen LogP contribution in [-0.4, -0.2) is 18.6 Å². The van der Waals surface area contributed by atoms with Gasteiger partial charge in [-0.05, 0) is 89.1 Å². The number of hydrogen-bond donors (Lipinski definition) is 3. The SMILES string of the molecule is C#CC#CC#CC#CC#CC#CC#CC#CC#CS(=O)(=O)Nc1cc(O)ccc1O. The Morgan fingerprint density at radius 1 is 0.700 bits per heavy atom. The van der Waals surface area contributed by atoms with Crippen molar-refractivity contribution in [1.82, 2.24) is 0 Å². The van der Waals surface area contributed by atoms with Crippen LogP contribution < -0.4 is 4.72 Å². The third kappa shape index (κ3) is 10.6. The number of phenolic OH excluding ortho intramolecular Hbond substituents is 2. The minimum Gasteiger partial charge on any atom is -0.508 e. The van der Waals surface area contributed by atoms with Crippen molar-refractivity contribution >= 4 is 15.7 Å². The monoisotopic (exact) mass is 405 g/mol. The van der Waals surface area contributed by atoms with Gasteiger partial charge in [0.05, 0.1) is 10.9 Å². The highest BCUT2D eigenvalue weighted by Crippen LogP contribution is 2.27. The van der Waals surface area contributed by atoms with Crippen LogP contribution in [0.3, 0.4) is 0 Å². The highest BCUT2D eigenvalue weighted by atomic mass is 32.2. The number of hydrogen-bond acceptors (Lipinski definition) is 4. The molecular formula is C24H7NO4S. The van der Waals surface area contributed by atoms with Crippen LogP contribution in [0.5, 0.6) is 11.5 Å². The number of anilines is 1. The standard InChI is InChI=1S/C24H7NO4S/c1-2-3-4-5-6-7-8-9-10-11-12-13-14-15-16-17-20-30(28,29)25-23-21-22(26)18-19-24(23)27/h1,18-19,21,25-27H. The first kappa shape index (κ1) is 22.7. The normalized spacial score (nSPS) is 7.03. The lowest BCUT2D eigenvalue weighted by Gasteiger charge is -2.05. The van der Waals surface area contributed by atoms with Crippen molar-refractivity contribution < 1.29 is 18.6 Å². The molecule has 0 saturated carbocycles. The van der Waals surface area contributed by atoms with Crippen LogP contribution in [0, 0.1) is 106 Å². The molecular weight excluding hydrogens is 398 g/mol. The Hall–Kier alpha value is -5.39. The van der Waals surface area contributed by atoms with E-state index in [0.717, 1.165) is 12.1 Å². The van der Waals surface area contributed by atoms with Crippen molar-refractivity contribution in [3.05, 3.63) is 18.2 Å². The van der Waals surface area contributed by atoms with E-state index in [9.17, 15) is 18.6 Å². The number of rotatable bonds is 2. The molecule has 0 heterocycles. The summed E-state index contributed by atoms with van der Waals surface area (Å²) < 4.78 is 25.5. The van der Waals surface area contributed by atoms with Crippen molar-refractivity contribution in [2.24, 2.45) is 0 Å². The second kappa shape index (κ2) is 12.9. The maximum atomic E-state index is 11.8. The molecule has 0 aliphatic carbocycles. The fraction of sp³-hybridized carbons (Fsp3) is 0. The predicted molar refractivity (Wildman–Crippen MR) is 113 cm³/mol. The molecule has 0 bridgehead atoms. The molecule has 0 spiro atoms. The molecule has 6 heteroatoms. The Bertz CT molecular complexity index is 1500. The Morgan fingerprint density at radius 2 is 1.13 bits per heavy atom. The zero-order chi connectivity index (χ0) is 22.1. The second-order valence-electron chi connectivity index (χ2n) is 4.43. The number of aromatic hydroxyl groups is 2. The predicted octanol–water partition coefficient (Wildman–Crippen LogP) is 0.457. The fourth-order valence-corrected chi connectivity index (χ4v) is 2.00.